The number of nitrogens with one attached hydrogen (secondary N) is 1. The lowest BCUT2D eigenvalue weighted by molar-refractivity contribution is 0.410. The van der Waals surface area contributed by atoms with Crippen molar-refractivity contribution in [3.63, 3.8) is 0 Å². The molecule has 0 spiro atoms. The maximum atomic E-state index is 11.2. The lowest BCUT2D eigenvalue weighted by Crippen LogP contribution is -2.29. The first-order chi connectivity index (χ1) is 7.54. The highest BCUT2D eigenvalue weighted by molar-refractivity contribution is 7.84. The Hall–Kier alpha value is -0.610. The highest BCUT2D eigenvalue weighted by Gasteiger charge is 2.12. The second-order valence-corrected chi connectivity index (χ2v) is 5.90. The van der Waals surface area contributed by atoms with Crippen LogP contribution in [0.4, 0.5) is 0 Å². The van der Waals surface area contributed by atoms with Crippen LogP contribution in [0.25, 0.3) is 0 Å². The summed E-state index contributed by atoms with van der Waals surface area (Å²) in [5.41, 5.74) is 0. The first-order valence-electron chi connectivity index (χ1n) is 5.68. The highest BCUT2D eigenvalue weighted by Crippen LogP contribution is 2.16. The van der Waals surface area contributed by atoms with Gasteiger partial charge in [-0.1, -0.05) is 6.92 Å². The molecule has 1 aromatic rings. The van der Waals surface area contributed by atoms with Crippen molar-refractivity contribution in [1.82, 2.24) is 5.32 Å². The highest BCUT2D eigenvalue weighted by atomic mass is 32.2. The Morgan fingerprint density at radius 2 is 2.12 bits per heavy atom. The first-order valence-corrected chi connectivity index (χ1v) is 7.31. The van der Waals surface area contributed by atoms with Gasteiger partial charge in [0.1, 0.15) is 11.5 Å². The molecule has 1 rings (SSSR count). The van der Waals surface area contributed by atoms with Crippen LogP contribution in [-0.2, 0) is 17.2 Å². The molecule has 0 fully saturated rings. The van der Waals surface area contributed by atoms with E-state index in [0.717, 1.165) is 24.5 Å². The molecule has 4 heteroatoms. The van der Waals surface area contributed by atoms with E-state index in [1.54, 1.807) is 6.26 Å². The maximum absolute atomic E-state index is 11.2. The van der Waals surface area contributed by atoms with Gasteiger partial charge >= 0.3 is 0 Å². The van der Waals surface area contributed by atoms with Crippen LogP contribution >= 0.6 is 0 Å². The standard InChI is InChI=1S/C12H21NO2S/c1-5-11-6-7-12(15-11)10(3)13-8-9(2)16(4)14/h6-7,9-10,13H,5,8H2,1-4H3/t9-,10-,16-/m0/s1. The number of aryl methyl sites for hydroxylation is 1. The van der Waals surface area contributed by atoms with Crippen LogP contribution in [0.3, 0.4) is 0 Å². The van der Waals surface area contributed by atoms with Gasteiger partial charge in [-0.25, -0.2) is 0 Å². The molecule has 1 N–H and O–H groups in total. The Morgan fingerprint density at radius 3 is 2.62 bits per heavy atom. The van der Waals surface area contributed by atoms with Crippen molar-refractivity contribution in [2.45, 2.75) is 38.5 Å². The summed E-state index contributed by atoms with van der Waals surface area (Å²) < 4.78 is 16.8. The minimum atomic E-state index is -0.773. The number of rotatable bonds is 6. The van der Waals surface area contributed by atoms with E-state index in [4.69, 9.17) is 4.42 Å². The molecular weight excluding hydrogens is 222 g/mol. The Kier molecular flexibility index (Phi) is 5.22. The lowest BCUT2D eigenvalue weighted by atomic mass is 10.2. The normalized spacial score (nSPS) is 17.0. The van der Waals surface area contributed by atoms with Gasteiger partial charge in [-0.3, -0.25) is 4.21 Å². The quantitative estimate of drug-likeness (QED) is 0.833. The molecule has 0 amide bonds. The van der Waals surface area contributed by atoms with Crippen molar-refractivity contribution >= 4 is 10.8 Å². The summed E-state index contributed by atoms with van der Waals surface area (Å²) >= 11 is 0. The summed E-state index contributed by atoms with van der Waals surface area (Å²) in [6.45, 7) is 6.86. The fourth-order valence-electron chi connectivity index (χ4n) is 1.38. The van der Waals surface area contributed by atoms with Crippen molar-refractivity contribution in [3.8, 4) is 0 Å². The molecule has 16 heavy (non-hydrogen) atoms. The smallest absolute Gasteiger partial charge is 0.120 e. The third kappa shape index (κ3) is 3.76. The molecule has 3 nitrogen and oxygen atoms in total. The third-order valence-corrected chi connectivity index (χ3v) is 4.04. The molecule has 0 unspecified atom stereocenters. The fraction of sp³-hybridized carbons (Fsp3) is 0.667. The van der Waals surface area contributed by atoms with Crippen molar-refractivity contribution in [2.24, 2.45) is 0 Å². The van der Waals surface area contributed by atoms with Gasteiger partial charge in [0.2, 0.25) is 0 Å². The minimum absolute atomic E-state index is 0.169. The lowest BCUT2D eigenvalue weighted by Gasteiger charge is -2.14. The molecular formula is C12H21NO2S. The average Bonchev–Trinajstić information content (AvgIpc) is 2.73. The molecule has 0 aliphatic rings. The van der Waals surface area contributed by atoms with Crippen LogP contribution in [0.15, 0.2) is 16.5 Å². The SMILES string of the molecule is CCc1ccc([C@H](C)NC[C@H](C)[S@](C)=O)o1. The zero-order chi connectivity index (χ0) is 12.1. The Bertz CT molecular complexity index is 349. The van der Waals surface area contributed by atoms with E-state index in [2.05, 4.69) is 19.2 Å². The van der Waals surface area contributed by atoms with E-state index in [1.807, 2.05) is 19.1 Å². The molecule has 0 saturated carbocycles. The Balaban J connectivity index is 2.46. The molecule has 1 heterocycles. The Morgan fingerprint density at radius 1 is 1.44 bits per heavy atom. The largest absolute Gasteiger partial charge is 0.464 e. The average molecular weight is 243 g/mol. The first kappa shape index (κ1) is 13.5. The summed E-state index contributed by atoms with van der Waals surface area (Å²) in [5.74, 6) is 1.96. The predicted molar refractivity (Wildman–Crippen MR) is 68.0 cm³/mol. The minimum Gasteiger partial charge on any atom is -0.464 e. The van der Waals surface area contributed by atoms with E-state index in [0.29, 0.717) is 0 Å². The van der Waals surface area contributed by atoms with Gasteiger partial charge in [0.05, 0.1) is 6.04 Å². The predicted octanol–water partition coefficient (Wildman–Crippen LogP) is 2.26. The van der Waals surface area contributed by atoms with Crippen LogP contribution in [0.2, 0.25) is 0 Å². The van der Waals surface area contributed by atoms with E-state index < -0.39 is 10.8 Å². The van der Waals surface area contributed by atoms with Gasteiger partial charge in [0.25, 0.3) is 0 Å². The maximum Gasteiger partial charge on any atom is 0.120 e. The summed E-state index contributed by atoms with van der Waals surface area (Å²) in [7, 11) is -0.773. The fourth-order valence-corrected chi connectivity index (χ4v) is 1.71. The molecule has 0 saturated heterocycles. The molecule has 3 atom stereocenters. The van der Waals surface area contributed by atoms with Crippen LogP contribution in [0.1, 0.15) is 38.3 Å². The molecule has 0 aromatic carbocycles. The molecule has 0 bridgehead atoms. The summed E-state index contributed by atoms with van der Waals surface area (Å²) in [6, 6.07) is 4.19. The molecule has 0 aliphatic heterocycles. The number of hydrogen-bond donors (Lipinski definition) is 1. The van der Waals surface area contributed by atoms with Gasteiger partial charge in [-0.2, -0.15) is 0 Å². The van der Waals surface area contributed by atoms with E-state index in [-0.39, 0.29) is 11.3 Å². The van der Waals surface area contributed by atoms with Gasteiger partial charge < -0.3 is 9.73 Å². The zero-order valence-electron chi connectivity index (χ0n) is 10.4. The van der Waals surface area contributed by atoms with Gasteiger partial charge in [-0.05, 0) is 26.0 Å². The summed E-state index contributed by atoms with van der Waals surface area (Å²) in [4.78, 5) is 0. The summed E-state index contributed by atoms with van der Waals surface area (Å²) in [5, 5.41) is 3.50. The second kappa shape index (κ2) is 6.21. The van der Waals surface area contributed by atoms with E-state index >= 15 is 0 Å². The zero-order valence-corrected chi connectivity index (χ0v) is 11.3. The van der Waals surface area contributed by atoms with Crippen LogP contribution in [0.5, 0.6) is 0 Å². The molecule has 92 valence electrons. The van der Waals surface area contributed by atoms with Crippen LogP contribution < -0.4 is 5.32 Å². The van der Waals surface area contributed by atoms with Crippen molar-refractivity contribution in [1.29, 1.82) is 0 Å². The monoisotopic (exact) mass is 243 g/mol. The molecule has 0 aliphatic carbocycles. The van der Waals surface area contributed by atoms with Crippen LogP contribution in [-0.4, -0.2) is 22.3 Å². The van der Waals surface area contributed by atoms with Crippen molar-refractivity contribution in [3.05, 3.63) is 23.7 Å². The molecule has 0 radical (unpaired) electrons. The molecule has 1 aromatic heterocycles. The van der Waals surface area contributed by atoms with Gasteiger partial charge in [0, 0.05) is 35.3 Å². The van der Waals surface area contributed by atoms with Gasteiger partial charge in [0.15, 0.2) is 0 Å². The van der Waals surface area contributed by atoms with Crippen LogP contribution in [0, 0.1) is 0 Å². The van der Waals surface area contributed by atoms with Crippen molar-refractivity contribution < 1.29 is 8.63 Å². The number of hydrogen-bond acceptors (Lipinski definition) is 3. The van der Waals surface area contributed by atoms with Gasteiger partial charge in [-0.15, -0.1) is 0 Å². The Labute approximate surface area is 100 Å². The van der Waals surface area contributed by atoms with Crippen molar-refractivity contribution in [2.75, 3.05) is 12.8 Å². The van der Waals surface area contributed by atoms with E-state index in [9.17, 15) is 4.21 Å². The topological polar surface area (TPSA) is 42.2 Å². The van der Waals surface area contributed by atoms with E-state index in [1.165, 1.54) is 0 Å². The second-order valence-electron chi connectivity index (χ2n) is 4.10. The summed E-state index contributed by atoms with van der Waals surface area (Å²) in [6.07, 6.45) is 2.65. The number of furan rings is 1. The third-order valence-electron chi connectivity index (χ3n) is 2.74.